The minimum atomic E-state index is -0.748. The number of pyridine rings is 1. The monoisotopic (exact) mass is 571 g/mol. The molecule has 4 heterocycles. The number of hydrogen-bond donors (Lipinski definition) is 2. The predicted molar refractivity (Wildman–Crippen MR) is 162 cm³/mol. The van der Waals surface area contributed by atoms with Crippen LogP contribution in [0.5, 0.6) is 0 Å². The van der Waals surface area contributed by atoms with E-state index in [1.54, 1.807) is 24.2 Å². The van der Waals surface area contributed by atoms with Crippen molar-refractivity contribution in [1.82, 2.24) is 14.8 Å². The lowest BCUT2D eigenvalue weighted by atomic mass is 9.99. The summed E-state index contributed by atoms with van der Waals surface area (Å²) in [4.78, 5) is 29.1. The highest BCUT2D eigenvalue weighted by Crippen LogP contribution is 2.40. The van der Waals surface area contributed by atoms with E-state index in [9.17, 15) is 10.2 Å². The predicted octanol–water partition coefficient (Wildman–Crippen LogP) is 4.67. The molecule has 2 N–H and O–H groups in total. The van der Waals surface area contributed by atoms with Gasteiger partial charge in [0.2, 0.25) is 5.91 Å². The molecule has 0 spiro atoms. The van der Waals surface area contributed by atoms with Crippen LogP contribution in [0, 0.1) is 29.6 Å². The second-order valence-corrected chi connectivity index (χ2v) is 11.4. The quantitative estimate of drug-likeness (QED) is 0.271. The molecule has 2 aliphatic heterocycles. The number of piperazine rings is 1. The zero-order chi connectivity index (χ0) is 28.4. The number of amidine groups is 2. The molecule has 2 aromatic heterocycles. The van der Waals surface area contributed by atoms with E-state index in [2.05, 4.69) is 21.7 Å². The number of carbonyl (C=O) groups is 1. The van der Waals surface area contributed by atoms with E-state index in [0.717, 1.165) is 40.2 Å². The molecule has 40 heavy (non-hydrogen) atoms. The first-order valence-electron chi connectivity index (χ1n) is 13.0. The van der Waals surface area contributed by atoms with E-state index < -0.39 is 6.04 Å². The lowest BCUT2D eigenvalue weighted by molar-refractivity contribution is -0.132. The number of amides is 1. The third-order valence-electron chi connectivity index (χ3n) is 7.07. The fourth-order valence-corrected chi connectivity index (χ4v) is 6.17. The van der Waals surface area contributed by atoms with Gasteiger partial charge in [-0.25, -0.2) is 0 Å². The Balaban J connectivity index is 1.62. The van der Waals surface area contributed by atoms with E-state index in [1.807, 2.05) is 55.3 Å². The zero-order valence-corrected chi connectivity index (χ0v) is 24.2. The Morgan fingerprint density at radius 1 is 1.15 bits per heavy atom. The largest absolute Gasteiger partial charge is 0.340 e. The van der Waals surface area contributed by atoms with Gasteiger partial charge < -0.3 is 9.80 Å². The number of carbonyl (C=O) groups excluding carboxylic acids is 1. The maximum Gasteiger partial charge on any atom is 0.225 e. The molecule has 8 nitrogen and oxygen atoms in total. The molecule has 1 atom stereocenters. The molecule has 10 heteroatoms. The standard InChI is InChI=1S/C30H30ClN7OS/c1-19-25(11-6-21-5-4-12-34-18-21)40-30-27(19)28(22-7-9-23(31)10-8-22)35-24(29(33)38(30)20(2)32)17-26(39)37-15-13-36(3)14-16-37/h4-5,7-10,12,18,24,32-33H,13-17H2,1-3H3/t24-/m0/s1. The Kier molecular flexibility index (Phi) is 8.12. The second kappa shape index (κ2) is 11.7. The van der Waals surface area contributed by atoms with E-state index in [0.29, 0.717) is 28.8 Å². The van der Waals surface area contributed by atoms with Crippen LogP contribution in [-0.4, -0.2) is 77.3 Å². The van der Waals surface area contributed by atoms with Crippen LogP contribution in [0.2, 0.25) is 5.02 Å². The fourth-order valence-electron chi connectivity index (χ4n) is 4.81. The normalized spacial score (nSPS) is 17.4. The maximum absolute atomic E-state index is 13.4. The number of anilines is 1. The number of thiophene rings is 1. The number of benzene rings is 1. The van der Waals surface area contributed by atoms with Gasteiger partial charge >= 0.3 is 0 Å². The second-order valence-electron chi connectivity index (χ2n) is 9.92. The van der Waals surface area contributed by atoms with Crippen molar-refractivity contribution in [2.24, 2.45) is 4.99 Å². The van der Waals surface area contributed by atoms with E-state index in [1.165, 1.54) is 11.3 Å². The number of rotatable bonds is 3. The van der Waals surface area contributed by atoms with Crippen molar-refractivity contribution in [3.05, 3.63) is 80.9 Å². The molecule has 0 radical (unpaired) electrons. The van der Waals surface area contributed by atoms with Crippen molar-refractivity contribution in [3.8, 4) is 11.8 Å². The van der Waals surface area contributed by atoms with Gasteiger partial charge in [0.05, 0.1) is 17.0 Å². The van der Waals surface area contributed by atoms with Crippen LogP contribution in [0.25, 0.3) is 0 Å². The molecular weight excluding hydrogens is 542 g/mol. The third-order valence-corrected chi connectivity index (χ3v) is 8.51. The highest BCUT2D eigenvalue weighted by atomic mass is 35.5. The van der Waals surface area contributed by atoms with Crippen LogP contribution in [0.4, 0.5) is 5.00 Å². The van der Waals surface area contributed by atoms with Crippen molar-refractivity contribution in [2.45, 2.75) is 26.3 Å². The van der Waals surface area contributed by atoms with Crippen LogP contribution in [0.1, 0.15) is 40.5 Å². The van der Waals surface area contributed by atoms with Gasteiger partial charge in [-0.15, -0.1) is 11.3 Å². The van der Waals surface area contributed by atoms with Crippen LogP contribution in [0.15, 0.2) is 53.8 Å². The summed E-state index contributed by atoms with van der Waals surface area (Å²) < 4.78 is 0. The van der Waals surface area contributed by atoms with Crippen LogP contribution in [0.3, 0.4) is 0 Å². The number of halogens is 1. The summed E-state index contributed by atoms with van der Waals surface area (Å²) in [7, 11) is 2.05. The lowest BCUT2D eigenvalue weighted by Gasteiger charge is -2.33. The summed E-state index contributed by atoms with van der Waals surface area (Å²) in [6.07, 6.45) is 3.48. The van der Waals surface area contributed by atoms with Gasteiger partial charge in [0.1, 0.15) is 22.7 Å². The molecule has 2 aliphatic rings. The van der Waals surface area contributed by atoms with Crippen LogP contribution < -0.4 is 4.90 Å². The van der Waals surface area contributed by atoms with Gasteiger partial charge in [0.25, 0.3) is 0 Å². The summed E-state index contributed by atoms with van der Waals surface area (Å²) >= 11 is 7.64. The van der Waals surface area contributed by atoms with Gasteiger partial charge in [-0.2, -0.15) is 0 Å². The lowest BCUT2D eigenvalue weighted by Crippen LogP contribution is -2.49. The molecule has 1 aromatic carbocycles. The summed E-state index contributed by atoms with van der Waals surface area (Å²) in [5.41, 5.74) is 4.02. The topological polar surface area (TPSA) is 99.7 Å². The molecule has 3 aromatic rings. The summed E-state index contributed by atoms with van der Waals surface area (Å²) in [6.45, 7) is 6.59. The molecule has 0 saturated carbocycles. The average Bonchev–Trinajstić information content (AvgIpc) is 3.19. The number of aliphatic imine (C=N–C) groups is 1. The number of likely N-dealkylation sites (N-methyl/N-ethyl adjacent to an activating group) is 1. The highest BCUT2D eigenvalue weighted by molar-refractivity contribution is 7.17. The molecular formula is C30H30ClN7OS. The number of nitrogens with zero attached hydrogens (tertiary/aromatic N) is 5. The Labute approximate surface area is 243 Å². The first-order chi connectivity index (χ1) is 19.2. The summed E-state index contributed by atoms with van der Waals surface area (Å²) in [5, 5.41) is 19.1. The number of fused-ring (bicyclic) bond motifs is 1. The smallest absolute Gasteiger partial charge is 0.225 e. The molecule has 1 saturated heterocycles. The molecule has 1 fully saturated rings. The maximum atomic E-state index is 13.4. The van der Waals surface area contributed by atoms with E-state index in [4.69, 9.17) is 22.0 Å². The Bertz CT molecular complexity index is 1540. The van der Waals surface area contributed by atoms with Crippen molar-refractivity contribution in [2.75, 3.05) is 38.1 Å². The Hall–Kier alpha value is -3.84. The number of nitrogens with one attached hydrogen (secondary N) is 2. The minimum Gasteiger partial charge on any atom is -0.340 e. The SMILES string of the molecule is CC(=N)N1C(=N)[C@H](CC(=O)N2CCN(C)CC2)N=C(c2ccc(Cl)cc2)c2c1sc(C#Cc1cccnc1)c2C. The van der Waals surface area contributed by atoms with Crippen molar-refractivity contribution in [1.29, 1.82) is 10.8 Å². The molecule has 1 amide bonds. The minimum absolute atomic E-state index is 0.0327. The first kappa shape index (κ1) is 27.7. The van der Waals surface area contributed by atoms with Gasteiger partial charge in [-0.1, -0.05) is 35.6 Å². The van der Waals surface area contributed by atoms with E-state index in [-0.39, 0.29) is 24.0 Å². The van der Waals surface area contributed by atoms with Crippen molar-refractivity contribution < 1.29 is 4.79 Å². The van der Waals surface area contributed by atoms with Gasteiger partial charge in [0, 0.05) is 60.3 Å². The molecule has 5 rings (SSSR count). The fraction of sp³-hybridized carbons (Fsp3) is 0.300. The van der Waals surface area contributed by atoms with Gasteiger partial charge in [-0.3, -0.25) is 30.5 Å². The summed E-state index contributed by atoms with van der Waals surface area (Å²) in [6, 6.07) is 10.4. The molecule has 0 aliphatic carbocycles. The first-order valence-corrected chi connectivity index (χ1v) is 14.2. The third kappa shape index (κ3) is 5.70. The highest BCUT2D eigenvalue weighted by Gasteiger charge is 2.36. The number of aromatic nitrogens is 1. The number of hydrogen-bond acceptors (Lipinski definition) is 7. The van der Waals surface area contributed by atoms with E-state index >= 15 is 0 Å². The molecule has 0 unspecified atom stereocenters. The van der Waals surface area contributed by atoms with Gasteiger partial charge in [-0.05, 0) is 50.7 Å². The Morgan fingerprint density at radius 2 is 1.88 bits per heavy atom. The van der Waals surface area contributed by atoms with Crippen molar-refractivity contribution in [3.63, 3.8) is 0 Å². The van der Waals surface area contributed by atoms with Crippen LogP contribution in [-0.2, 0) is 4.79 Å². The van der Waals surface area contributed by atoms with Crippen LogP contribution >= 0.6 is 22.9 Å². The van der Waals surface area contributed by atoms with Crippen molar-refractivity contribution >= 4 is 51.2 Å². The summed E-state index contributed by atoms with van der Waals surface area (Å²) in [5.74, 6) is 6.71. The molecule has 0 bridgehead atoms. The van der Waals surface area contributed by atoms with Gasteiger partial charge in [0.15, 0.2) is 0 Å². The molecule has 204 valence electrons. The zero-order valence-electron chi connectivity index (χ0n) is 22.7. The average molecular weight is 572 g/mol. The Morgan fingerprint density at radius 3 is 2.52 bits per heavy atom.